The number of anilines is 1. The maximum Gasteiger partial charge on any atom is 0.303 e. The third-order valence-corrected chi connectivity index (χ3v) is 5.61. The predicted molar refractivity (Wildman–Crippen MR) is 106 cm³/mol. The van der Waals surface area contributed by atoms with Gasteiger partial charge in [0, 0.05) is 29.1 Å². The molecule has 27 heavy (non-hydrogen) atoms. The maximum absolute atomic E-state index is 12.6. The first-order valence-electron chi connectivity index (χ1n) is 9.62. The second-order valence-electron chi connectivity index (χ2n) is 7.44. The maximum atomic E-state index is 12.6. The zero-order chi connectivity index (χ0) is 19.0. The number of hydrogen-bond donors (Lipinski definition) is 3. The molecule has 0 unspecified atom stereocenters. The number of carbonyl (C=O) groups is 2. The topological polar surface area (TPSA) is 82.2 Å². The minimum absolute atomic E-state index is 0.0995. The van der Waals surface area contributed by atoms with Crippen LogP contribution in [0.25, 0.3) is 11.6 Å². The Labute approximate surface area is 158 Å². The number of nitrogens with one attached hydrogen (secondary N) is 2. The van der Waals surface area contributed by atoms with Crippen LogP contribution in [0.1, 0.15) is 59.3 Å². The highest BCUT2D eigenvalue weighted by Gasteiger charge is 2.27. The van der Waals surface area contributed by atoms with Gasteiger partial charge in [0.05, 0.1) is 5.57 Å². The number of H-pyrrole nitrogens is 1. The van der Waals surface area contributed by atoms with Gasteiger partial charge in [0.25, 0.3) is 5.91 Å². The van der Waals surface area contributed by atoms with Crippen molar-refractivity contribution >= 4 is 29.2 Å². The fourth-order valence-corrected chi connectivity index (χ4v) is 4.31. The molecule has 140 valence electrons. The molecular weight excluding hydrogens is 340 g/mol. The van der Waals surface area contributed by atoms with Crippen LogP contribution in [-0.4, -0.2) is 22.0 Å². The fraction of sp³-hybridized carbons (Fsp3) is 0.364. The Bertz CT molecular complexity index is 953. The zero-order valence-corrected chi connectivity index (χ0v) is 15.5. The van der Waals surface area contributed by atoms with Gasteiger partial charge in [-0.15, -0.1) is 0 Å². The van der Waals surface area contributed by atoms with E-state index in [0.717, 1.165) is 53.8 Å². The number of aryl methyl sites for hydroxylation is 2. The third kappa shape index (κ3) is 3.29. The van der Waals surface area contributed by atoms with Crippen LogP contribution in [-0.2, 0) is 28.9 Å². The Kier molecular flexibility index (Phi) is 4.60. The van der Waals surface area contributed by atoms with Gasteiger partial charge in [-0.2, -0.15) is 0 Å². The molecule has 0 spiro atoms. The van der Waals surface area contributed by atoms with Crippen LogP contribution in [0.15, 0.2) is 18.2 Å². The quantitative estimate of drug-likeness (QED) is 0.564. The molecule has 1 aliphatic carbocycles. The Morgan fingerprint density at radius 2 is 2.04 bits per heavy atom. The Hall–Kier alpha value is -2.82. The van der Waals surface area contributed by atoms with E-state index in [-0.39, 0.29) is 12.3 Å². The Morgan fingerprint density at radius 1 is 1.22 bits per heavy atom. The van der Waals surface area contributed by atoms with E-state index in [1.807, 2.05) is 31.2 Å². The number of aromatic nitrogens is 1. The minimum Gasteiger partial charge on any atom is -0.481 e. The molecule has 1 aromatic heterocycles. The van der Waals surface area contributed by atoms with Gasteiger partial charge in [-0.25, -0.2) is 0 Å². The average Bonchev–Trinajstić information content (AvgIpc) is 3.01. The summed E-state index contributed by atoms with van der Waals surface area (Å²) in [6.07, 6.45) is 7.94. The molecule has 5 nitrogen and oxygen atoms in total. The smallest absolute Gasteiger partial charge is 0.303 e. The Morgan fingerprint density at radius 3 is 2.85 bits per heavy atom. The van der Waals surface area contributed by atoms with Gasteiger partial charge in [0.15, 0.2) is 0 Å². The molecular formula is C22H24N2O3. The molecule has 1 amide bonds. The van der Waals surface area contributed by atoms with Crippen molar-refractivity contribution in [2.45, 2.75) is 51.9 Å². The summed E-state index contributed by atoms with van der Waals surface area (Å²) in [5, 5.41) is 12.1. The molecule has 0 radical (unpaired) electrons. The van der Waals surface area contributed by atoms with Crippen LogP contribution in [0.3, 0.4) is 0 Å². The number of carbonyl (C=O) groups excluding carboxylic acids is 1. The molecule has 3 N–H and O–H groups in total. The molecule has 1 aliphatic heterocycles. The normalized spacial score (nSPS) is 17.4. The monoisotopic (exact) mass is 364 g/mol. The lowest BCUT2D eigenvalue weighted by atomic mass is 9.97. The number of hydrogen-bond acceptors (Lipinski definition) is 2. The van der Waals surface area contributed by atoms with Gasteiger partial charge in [-0.3, -0.25) is 9.59 Å². The van der Waals surface area contributed by atoms with Crippen molar-refractivity contribution in [2.24, 2.45) is 0 Å². The van der Waals surface area contributed by atoms with Crippen molar-refractivity contribution in [3.63, 3.8) is 0 Å². The summed E-state index contributed by atoms with van der Waals surface area (Å²) in [6.45, 7) is 2.00. The van der Waals surface area contributed by atoms with Crippen LogP contribution in [0.5, 0.6) is 0 Å². The van der Waals surface area contributed by atoms with E-state index in [1.165, 1.54) is 17.7 Å². The first-order valence-corrected chi connectivity index (χ1v) is 9.62. The van der Waals surface area contributed by atoms with Crippen LogP contribution >= 0.6 is 0 Å². The largest absolute Gasteiger partial charge is 0.481 e. The number of carboxylic acids is 1. The number of aromatic amines is 1. The number of carboxylic acid groups (broad SMARTS) is 1. The highest BCUT2D eigenvalue weighted by molar-refractivity contribution is 6.35. The number of benzene rings is 1. The van der Waals surface area contributed by atoms with Crippen LogP contribution in [0.4, 0.5) is 5.69 Å². The molecule has 2 aromatic rings. The zero-order valence-electron chi connectivity index (χ0n) is 15.5. The summed E-state index contributed by atoms with van der Waals surface area (Å²) in [6, 6.07) is 5.85. The molecule has 0 bridgehead atoms. The first kappa shape index (κ1) is 17.6. The summed E-state index contributed by atoms with van der Waals surface area (Å²) in [5.74, 6) is -0.898. The number of aliphatic carboxylic acids is 1. The molecule has 0 saturated heterocycles. The summed E-state index contributed by atoms with van der Waals surface area (Å²) in [4.78, 5) is 27.2. The van der Waals surface area contributed by atoms with Crippen LogP contribution < -0.4 is 5.32 Å². The highest BCUT2D eigenvalue weighted by atomic mass is 16.4. The molecule has 5 heteroatoms. The molecule has 0 fully saturated rings. The highest BCUT2D eigenvalue weighted by Crippen LogP contribution is 2.37. The standard InChI is InChI=1S/C22H24N2O3/c1-13-6-5-9-18-21(13)16(22(27)24-18)12-19-15(10-11-20(25)26)14-7-3-2-4-8-17(14)23-19/h5-6,9,12,23H,2-4,7-8,10-11H2,1H3,(H,24,27)(H,25,26)/b16-12-. The first-order chi connectivity index (χ1) is 13.0. The average molecular weight is 364 g/mol. The second kappa shape index (κ2) is 7.06. The summed E-state index contributed by atoms with van der Waals surface area (Å²) < 4.78 is 0. The molecule has 1 aromatic carbocycles. The molecule has 4 rings (SSSR count). The van der Waals surface area contributed by atoms with E-state index in [1.54, 1.807) is 0 Å². The van der Waals surface area contributed by atoms with E-state index >= 15 is 0 Å². The van der Waals surface area contributed by atoms with E-state index in [9.17, 15) is 9.59 Å². The number of amides is 1. The van der Waals surface area contributed by atoms with E-state index in [4.69, 9.17) is 5.11 Å². The van der Waals surface area contributed by atoms with Crippen molar-refractivity contribution < 1.29 is 14.7 Å². The summed E-state index contributed by atoms with van der Waals surface area (Å²) in [5.41, 5.74) is 7.92. The van der Waals surface area contributed by atoms with Crippen LogP contribution in [0.2, 0.25) is 0 Å². The minimum atomic E-state index is -0.794. The number of rotatable bonds is 4. The van der Waals surface area contributed by atoms with Crippen molar-refractivity contribution in [3.05, 3.63) is 51.8 Å². The van der Waals surface area contributed by atoms with Gasteiger partial charge in [0.2, 0.25) is 0 Å². The predicted octanol–water partition coefficient (Wildman–Crippen LogP) is 4.10. The molecule has 0 atom stereocenters. The van der Waals surface area contributed by atoms with E-state index in [2.05, 4.69) is 10.3 Å². The third-order valence-electron chi connectivity index (χ3n) is 5.61. The lowest BCUT2D eigenvalue weighted by Gasteiger charge is -2.06. The number of fused-ring (bicyclic) bond motifs is 2. The Balaban J connectivity index is 1.81. The van der Waals surface area contributed by atoms with Gasteiger partial charge in [0.1, 0.15) is 0 Å². The SMILES string of the molecule is Cc1cccc2c1/C(=C/c1[nH]c3c(c1CCC(=O)O)CCCCC3)C(=O)N2. The van der Waals surface area contributed by atoms with Crippen molar-refractivity contribution in [1.82, 2.24) is 4.98 Å². The summed E-state index contributed by atoms with van der Waals surface area (Å²) >= 11 is 0. The van der Waals surface area contributed by atoms with E-state index < -0.39 is 5.97 Å². The lowest BCUT2D eigenvalue weighted by Crippen LogP contribution is -2.04. The van der Waals surface area contributed by atoms with E-state index in [0.29, 0.717) is 12.0 Å². The van der Waals surface area contributed by atoms with Crippen molar-refractivity contribution in [2.75, 3.05) is 5.32 Å². The van der Waals surface area contributed by atoms with Crippen molar-refractivity contribution in [3.8, 4) is 0 Å². The van der Waals surface area contributed by atoms with Gasteiger partial charge < -0.3 is 15.4 Å². The molecule has 2 heterocycles. The second-order valence-corrected chi connectivity index (χ2v) is 7.44. The molecule has 0 saturated carbocycles. The van der Waals surface area contributed by atoms with Gasteiger partial charge >= 0.3 is 5.97 Å². The summed E-state index contributed by atoms with van der Waals surface area (Å²) in [7, 11) is 0. The van der Waals surface area contributed by atoms with Crippen molar-refractivity contribution in [1.29, 1.82) is 0 Å². The lowest BCUT2D eigenvalue weighted by molar-refractivity contribution is -0.137. The fourth-order valence-electron chi connectivity index (χ4n) is 4.31. The van der Waals surface area contributed by atoms with Gasteiger partial charge in [-0.05, 0) is 67.9 Å². The van der Waals surface area contributed by atoms with Gasteiger partial charge in [-0.1, -0.05) is 18.6 Å². The van der Waals surface area contributed by atoms with Crippen LogP contribution in [0, 0.1) is 6.92 Å². The molecule has 2 aliphatic rings.